The smallest absolute Gasteiger partial charge is 0.102 e. The summed E-state index contributed by atoms with van der Waals surface area (Å²) >= 11 is 0. The van der Waals surface area contributed by atoms with E-state index in [9.17, 15) is 13.0 Å². The monoisotopic (exact) mass is 309 g/mol. The molecule has 0 amide bonds. The maximum absolute atomic E-state index is 10.5. The van der Waals surface area contributed by atoms with E-state index in [2.05, 4.69) is 21.0 Å². The molecule has 0 bridgehead atoms. The van der Waals surface area contributed by atoms with Gasteiger partial charge in [0, 0.05) is 12.4 Å². The fourth-order valence-corrected chi connectivity index (χ4v) is 2.53. The van der Waals surface area contributed by atoms with Crippen molar-refractivity contribution in [3.05, 3.63) is 0 Å². The number of hydrogen-bond donors (Lipinski definition) is 0. The van der Waals surface area contributed by atoms with Gasteiger partial charge < -0.3 is 13.8 Å². The third-order valence-electron chi connectivity index (χ3n) is 3.39. The van der Waals surface area contributed by atoms with E-state index in [1.165, 1.54) is 19.3 Å². The summed E-state index contributed by atoms with van der Waals surface area (Å²) in [5.41, 5.74) is 0. The lowest BCUT2D eigenvalue weighted by Gasteiger charge is -2.29. The first-order valence-electron chi connectivity index (χ1n) is 7.60. The fourth-order valence-electron chi connectivity index (χ4n) is 1.98. The zero-order chi connectivity index (χ0) is 15.5. The van der Waals surface area contributed by atoms with Crippen LogP contribution in [0.25, 0.3) is 0 Å². The zero-order valence-corrected chi connectivity index (χ0v) is 14.1. The highest BCUT2D eigenvalue weighted by molar-refractivity contribution is 7.85. The van der Waals surface area contributed by atoms with Crippen molar-refractivity contribution in [3.8, 4) is 0 Å². The minimum Gasteiger partial charge on any atom is -0.748 e. The summed E-state index contributed by atoms with van der Waals surface area (Å²) in [5, 5.41) is 0. The summed E-state index contributed by atoms with van der Waals surface area (Å²) in [6.07, 6.45) is 6.08. The van der Waals surface area contributed by atoms with Crippen LogP contribution in [0.3, 0.4) is 0 Å². The van der Waals surface area contributed by atoms with Crippen LogP contribution in [0.4, 0.5) is 0 Å². The normalized spacial score (nSPS) is 12.8. The minimum atomic E-state index is -4.06. The molecule has 0 aliphatic rings. The third-order valence-corrected chi connectivity index (χ3v) is 4.18. The van der Waals surface area contributed by atoms with Gasteiger partial charge in [-0.25, -0.2) is 8.42 Å². The highest BCUT2D eigenvalue weighted by Gasteiger charge is 2.14. The Bertz CT molecular complexity index is 328. The molecule has 0 aromatic rings. The van der Waals surface area contributed by atoms with Crippen LogP contribution in [0.15, 0.2) is 0 Å². The predicted molar refractivity (Wildman–Crippen MR) is 80.6 cm³/mol. The standard InChI is InChI=1S/C14H31NO4S/c1-4-5-6-8-12-19-13-11-15(2,3)10-7-9-14-20(16,17)18/h4-14H2,1-3H3. The van der Waals surface area contributed by atoms with Crippen molar-refractivity contribution in [3.63, 3.8) is 0 Å². The van der Waals surface area contributed by atoms with Crippen molar-refractivity contribution in [2.45, 2.75) is 45.4 Å². The summed E-state index contributed by atoms with van der Waals surface area (Å²) in [6.45, 7) is 5.54. The van der Waals surface area contributed by atoms with Crippen molar-refractivity contribution in [1.29, 1.82) is 0 Å². The van der Waals surface area contributed by atoms with Gasteiger partial charge in [-0.2, -0.15) is 0 Å². The fraction of sp³-hybridized carbons (Fsp3) is 1.00. The molecule has 0 heterocycles. The first kappa shape index (κ1) is 19.8. The Kier molecular flexibility index (Phi) is 10.5. The van der Waals surface area contributed by atoms with Crippen LogP contribution in [0.1, 0.15) is 45.4 Å². The Morgan fingerprint density at radius 2 is 1.65 bits per heavy atom. The first-order chi connectivity index (χ1) is 9.27. The van der Waals surface area contributed by atoms with E-state index in [1.54, 1.807) is 0 Å². The van der Waals surface area contributed by atoms with Crippen LogP contribution < -0.4 is 0 Å². The van der Waals surface area contributed by atoms with E-state index in [0.717, 1.165) is 43.6 Å². The van der Waals surface area contributed by atoms with E-state index in [-0.39, 0.29) is 5.75 Å². The molecule has 0 saturated heterocycles. The first-order valence-corrected chi connectivity index (χ1v) is 9.18. The zero-order valence-electron chi connectivity index (χ0n) is 13.3. The molecule has 0 spiro atoms. The van der Waals surface area contributed by atoms with Crippen molar-refractivity contribution in [1.82, 2.24) is 0 Å². The molecule has 0 aliphatic carbocycles. The Labute approximate surface area is 124 Å². The van der Waals surface area contributed by atoms with Gasteiger partial charge in [-0.05, 0) is 19.3 Å². The van der Waals surface area contributed by atoms with Crippen LogP contribution in [0.2, 0.25) is 0 Å². The quantitative estimate of drug-likeness (QED) is 0.296. The number of nitrogens with zero attached hydrogens (tertiary/aromatic N) is 1. The van der Waals surface area contributed by atoms with Gasteiger partial charge in [0.1, 0.15) is 6.54 Å². The molecule has 0 radical (unpaired) electrons. The highest BCUT2D eigenvalue weighted by atomic mass is 32.2. The molecule has 0 fully saturated rings. The largest absolute Gasteiger partial charge is 0.748 e. The maximum atomic E-state index is 10.5. The highest BCUT2D eigenvalue weighted by Crippen LogP contribution is 2.04. The van der Waals surface area contributed by atoms with Crippen molar-refractivity contribution >= 4 is 10.1 Å². The van der Waals surface area contributed by atoms with Gasteiger partial charge in [0.25, 0.3) is 0 Å². The number of quaternary nitrogens is 1. The summed E-state index contributed by atoms with van der Waals surface area (Å²) in [6, 6.07) is 0. The topological polar surface area (TPSA) is 66.4 Å². The molecule has 0 aromatic heterocycles. The maximum Gasteiger partial charge on any atom is 0.102 e. The predicted octanol–water partition coefficient (Wildman–Crippen LogP) is 1.99. The van der Waals surface area contributed by atoms with Gasteiger partial charge >= 0.3 is 0 Å². The second kappa shape index (κ2) is 10.5. The average molecular weight is 309 g/mol. The molecular formula is C14H31NO4S. The van der Waals surface area contributed by atoms with Crippen LogP contribution in [-0.2, 0) is 14.9 Å². The van der Waals surface area contributed by atoms with Crippen LogP contribution in [0.5, 0.6) is 0 Å². The third kappa shape index (κ3) is 14.2. The van der Waals surface area contributed by atoms with E-state index in [0.29, 0.717) is 6.42 Å². The number of likely N-dealkylation sites (N-methyl/N-ethyl adjacent to an activating group) is 1. The molecule has 0 aromatic carbocycles. The van der Waals surface area contributed by atoms with E-state index in [4.69, 9.17) is 4.74 Å². The second-order valence-corrected chi connectivity index (χ2v) is 7.55. The van der Waals surface area contributed by atoms with Gasteiger partial charge in [-0.3, -0.25) is 0 Å². The average Bonchev–Trinajstić information content (AvgIpc) is 2.32. The van der Waals surface area contributed by atoms with Crippen LogP contribution in [-0.4, -0.2) is 63.6 Å². The summed E-state index contributed by atoms with van der Waals surface area (Å²) < 4.78 is 37.9. The molecule has 122 valence electrons. The minimum absolute atomic E-state index is 0.249. The number of rotatable bonds is 13. The van der Waals surface area contributed by atoms with Crippen LogP contribution >= 0.6 is 0 Å². The molecular weight excluding hydrogens is 278 g/mol. The molecule has 0 rings (SSSR count). The molecule has 0 unspecified atom stereocenters. The summed E-state index contributed by atoms with van der Waals surface area (Å²) in [5.74, 6) is -0.249. The Balaban J connectivity index is 3.54. The lowest BCUT2D eigenvalue weighted by molar-refractivity contribution is -0.890. The van der Waals surface area contributed by atoms with Crippen molar-refractivity contribution < 1.29 is 22.2 Å². The van der Waals surface area contributed by atoms with Gasteiger partial charge in [0.05, 0.1) is 37.4 Å². The Hall–Kier alpha value is -0.170. The lowest BCUT2D eigenvalue weighted by atomic mass is 10.2. The van der Waals surface area contributed by atoms with E-state index >= 15 is 0 Å². The van der Waals surface area contributed by atoms with Gasteiger partial charge in [-0.15, -0.1) is 0 Å². The lowest BCUT2D eigenvalue weighted by Crippen LogP contribution is -2.43. The molecule has 6 heteroatoms. The molecule has 20 heavy (non-hydrogen) atoms. The number of hydrogen-bond acceptors (Lipinski definition) is 4. The molecule has 0 atom stereocenters. The molecule has 0 N–H and O–H groups in total. The summed E-state index contributed by atoms with van der Waals surface area (Å²) in [7, 11) is 0.151. The van der Waals surface area contributed by atoms with Gasteiger partial charge in [0.2, 0.25) is 0 Å². The molecule has 0 aliphatic heterocycles. The SMILES string of the molecule is CCCCCCOCC[N+](C)(C)CCCCS(=O)(=O)[O-]. The van der Waals surface area contributed by atoms with Gasteiger partial charge in [0.15, 0.2) is 0 Å². The molecule has 0 saturated carbocycles. The number of ether oxygens (including phenoxy) is 1. The van der Waals surface area contributed by atoms with Crippen molar-refractivity contribution in [2.75, 3.05) is 46.2 Å². The Morgan fingerprint density at radius 3 is 2.25 bits per heavy atom. The number of unbranched alkanes of at least 4 members (excludes halogenated alkanes) is 4. The second-order valence-electron chi connectivity index (χ2n) is 6.02. The molecule has 5 nitrogen and oxygen atoms in total. The summed E-state index contributed by atoms with van der Waals surface area (Å²) in [4.78, 5) is 0. The van der Waals surface area contributed by atoms with Gasteiger partial charge in [-0.1, -0.05) is 26.2 Å². The van der Waals surface area contributed by atoms with Crippen LogP contribution in [0, 0.1) is 0 Å². The van der Waals surface area contributed by atoms with E-state index in [1.807, 2.05) is 0 Å². The Morgan fingerprint density at radius 1 is 0.950 bits per heavy atom. The van der Waals surface area contributed by atoms with Crippen molar-refractivity contribution in [2.24, 2.45) is 0 Å². The van der Waals surface area contributed by atoms with E-state index < -0.39 is 10.1 Å².